The number of thioether (sulfide) groups is 1. The number of benzene rings is 2. The van der Waals surface area contributed by atoms with Crippen molar-refractivity contribution in [3.05, 3.63) is 65.1 Å². The molecule has 6 heteroatoms. The van der Waals surface area contributed by atoms with Crippen molar-refractivity contribution in [2.75, 3.05) is 31.1 Å². The van der Waals surface area contributed by atoms with Gasteiger partial charge in [-0.25, -0.2) is 0 Å². The molecule has 0 aromatic heterocycles. The molecule has 0 bridgehead atoms. The molecule has 0 saturated carbocycles. The fourth-order valence-corrected chi connectivity index (χ4v) is 5.70. The number of hydrogen-bond donors (Lipinski definition) is 1. The van der Waals surface area contributed by atoms with Crippen molar-refractivity contribution >= 4 is 35.3 Å². The number of nitrogens with one attached hydrogen (secondary N) is 1. The van der Waals surface area contributed by atoms with Crippen molar-refractivity contribution in [3.8, 4) is 0 Å². The normalized spacial score (nSPS) is 20.0. The molecule has 0 spiro atoms. The first-order valence-corrected chi connectivity index (χ1v) is 12.8. The van der Waals surface area contributed by atoms with Crippen molar-refractivity contribution in [1.29, 1.82) is 0 Å². The van der Waals surface area contributed by atoms with Gasteiger partial charge < -0.3 is 10.2 Å². The predicted molar refractivity (Wildman–Crippen MR) is 136 cm³/mol. The van der Waals surface area contributed by atoms with Crippen LogP contribution in [0.4, 0.5) is 5.69 Å². The second kappa shape index (κ2) is 11.5. The Morgan fingerprint density at radius 3 is 2.73 bits per heavy atom. The largest absolute Gasteiger partial charge is 0.355 e. The van der Waals surface area contributed by atoms with Gasteiger partial charge in [-0.1, -0.05) is 67.6 Å². The second-order valence-electron chi connectivity index (χ2n) is 8.68. The molecule has 1 unspecified atom stereocenters. The molecule has 5 nitrogen and oxygen atoms in total. The van der Waals surface area contributed by atoms with E-state index in [0.717, 1.165) is 29.1 Å². The highest BCUT2D eigenvalue weighted by Gasteiger charge is 2.30. The lowest BCUT2D eigenvalue weighted by Crippen LogP contribution is -2.44. The molecule has 1 atom stereocenters. The van der Waals surface area contributed by atoms with Crippen LogP contribution >= 0.6 is 11.8 Å². The van der Waals surface area contributed by atoms with E-state index in [2.05, 4.69) is 17.1 Å². The fourth-order valence-electron chi connectivity index (χ4n) is 4.65. The van der Waals surface area contributed by atoms with Gasteiger partial charge in [0.25, 0.3) is 5.91 Å². The number of rotatable bonds is 8. The van der Waals surface area contributed by atoms with Crippen LogP contribution in [-0.4, -0.2) is 48.9 Å². The summed E-state index contributed by atoms with van der Waals surface area (Å²) in [5.74, 6) is -0.244. The molecule has 33 heavy (non-hydrogen) atoms. The zero-order chi connectivity index (χ0) is 23.0. The van der Waals surface area contributed by atoms with Gasteiger partial charge in [0.05, 0.1) is 10.6 Å². The first-order chi connectivity index (χ1) is 16.2. The summed E-state index contributed by atoms with van der Waals surface area (Å²) in [6.07, 6.45) is 7.92. The van der Waals surface area contributed by atoms with E-state index in [1.165, 1.54) is 44.0 Å². The Hall–Kier alpha value is -2.57. The van der Waals surface area contributed by atoms with Crippen LogP contribution in [-0.2, 0) is 9.59 Å². The third kappa shape index (κ3) is 6.06. The molecule has 4 rings (SSSR count). The number of nitrogens with zero attached hydrogens (tertiary/aromatic N) is 2. The summed E-state index contributed by atoms with van der Waals surface area (Å²) in [6.45, 7) is 5.11. The summed E-state index contributed by atoms with van der Waals surface area (Å²) in [6, 6.07) is 18.3. The lowest BCUT2D eigenvalue weighted by molar-refractivity contribution is -0.122. The molecule has 2 aromatic rings. The smallest absolute Gasteiger partial charge is 0.265 e. The van der Waals surface area contributed by atoms with E-state index in [4.69, 9.17) is 0 Å². The van der Waals surface area contributed by atoms with Crippen LogP contribution in [0.3, 0.4) is 0 Å². The summed E-state index contributed by atoms with van der Waals surface area (Å²) in [7, 11) is 0. The van der Waals surface area contributed by atoms with E-state index in [1.54, 1.807) is 4.90 Å². The summed E-state index contributed by atoms with van der Waals surface area (Å²) >= 11 is 1.46. The van der Waals surface area contributed by atoms with Crippen molar-refractivity contribution in [2.45, 2.75) is 50.0 Å². The third-order valence-corrected chi connectivity index (χ3v) is 7.47. The minimum atomic E-state index is -0.128. The number of carbonyl (C=O) groups is 2. The first-order valence-electron chi connectivity index (χ1n) is 12.0. The van der Waals surface area contributed by atoms with E-state index in [1.807, 2.05) is 60.7 Å². The zero-order valence-electron chi connectivity index (χ0n) is 19.3. The van der Waals surface area contributed by atoms with Gasteiger partial charge in [0.1, 0.15) is 6.54 Å². The summed E-state index contributed by atoms with van der Waals surface area (Å²) < 4.78 is 0. The molecule has 0 radical (unpaired) electrons. The summed E-state index contributed by atoms with van der Waals surface area (Å²) in [5, 5.41) is 3.03. The average Bonchev–Trinajstić information content (AvgIpc) is 2.85. The quantitative estimate of drug-likeness (QED) is 0.445. The lowest BCUT2D eigenvalue weighted by Gasteiger charge is -2.35. The van der Waals surface area contributed by atoms with Gasteiger partial charge in [-0.2, -0.15) is 0 Å². The van der Waals surface area contributed by atoms with Crippen LogP contribution < -0.4 is 10.2 Å². The van der Waals surface area contributed by atoms with Gasteiger partial charge >= 0.3 is 0 Å². The molecule has 2 aliphatic heterocycles. The van der Waals surface area contributed by atoms with Crippen LogP contribution in [0.2, 0.25) is 0 Å². The maximum atomic E-state index is 13.3. The third-order valence-electron chi connectivity index (χ3n) is 6.40. The Morgan fingerprint density at radius 2 is 1.91 bits per heavy atom. The summed E-state index contributed by atoms with van der Waals surface area (Å²) in [5.41, 5.74) is 1.77. The fraction of sp³-hybridized carbons (Fsp3) is 0.407. The number of likely N-dealkylation sites (tertiary alicyclic amines) is 1. The number of hydrogen-bond acceptors (Lipinski definition) is 4. The average molecular weight is 464 g/mol. The molecule has 1 saturated heterocycles. The van der Waals surface area contributed by atoms with Crippen molar-refractivity contribution < 1.29 is 9.59 Å². The Kier molecular flexibility index (Phi) is 8.24. The molecule has 174 valence electrons. The molecule has 0 aliphatic carbocycles. The highest BCUT2D eigenvalue weighted by Crippen LogP contribution is 2.41. The number of anilines is 1. The topological polar surface area (TPSA) is 52.7 Å². The zero-order valence-corrected chi connectivity index (χ0v) is 20.2. The maximum Gasteiger partial charge on any atom is 0.265 e. The molecular formula is C27H33N3O2S. The molecule has 2 aliphatic rings. The Labute approximate surface area is 201 Å². The predicted octanol–water partition coefficient (Wildman–Crippen LogP) is 4.94. The van der Waals surface area contributed by atoms with Gasteiger partial charge in [0.2, 0.25) is 5.91 Å². The molecular weight excluding hydrogens is 430 g/mol. The van der Waals surface area contributed by atoms with Crippen LogP contribution in [0.5, 0.6) is 0 Å². The first kappa shape index (κ1) is 23.6. The lowest BCUT2D eigenvalue weighted by atomic mass is 10.00. The number of fused-ring (bicyclic) bond motifs is 1. The van der Waals surface area contributed by atoms with Crippen LogP contribution in [0.1, 0.15) is 44.6 Å². The van der Waals surface area contributed by atoms with Gasteiger partial charge in [0.15, 0.2) is 0 Å². The minimum absolute atomic E-state index is 0.0316. The Bertz CT molecular complexity index is 992. The van der Waals surface area contributed by atoms with Crippen molar-refractivity contribution in [3.63, 3.8) is 0 Å². The monoisotopic (exact) mass is 463 g/mol. The number of para-hydroxylation sites is 1. The van der Waals surface area contributed by atoms with E-state index >= 15 is 0 Å². The van der Waals surface area contributed by atoms with Crippen LogP contribution in [0, 0.1) is 0 Å². The summed E-state index contributed by atoms with van der Waals surface area (Å²) in [4.78, 5) is 31.8. The highest BCUT2D eigenvalue weighted by atomic mass is 32.2. The van der Waals surface area contributed by atoms with Gasteiger partial charge in [-0.05, 0) is 56.0 Å². The van der Waals surface area contributed by atoms with Gasteiger partial charge in [0, 0.05) is 24.0 Å². The van der Waals surface area contributed by atoms with E-state index in [9.17, 15) is 9.59 Å². The minimum Gasteiger partial charge on any atom is -0.355 e. The molecule has 2 heterocycles. The van der Waals surface area contributed by atoms with Crippen molar-refractivity contribution in [1.82, 2.24) is 10.2 Å². The Balaban J connectivity index is 1.37. The van der Waals surface area contributed by atoms with Crippen LogP contribution in [0.15, 0.2) is 64.4 Å². The van der Waals surface area contributed by atoms with E-state index < -0.39 is 0 Å². The number of piperidine rings is 1. The molecule has 2 amide bonds. The molecule has 1 N–H and O–H groups in total. The second-order valence-corrected chi connectivity index (χ2v) is 9.76. The van der Waals surface area contributed by atoms with Gasteiger partial charge in [-0.15, -0.1) is 0 Å². The molecule has 1 fully saturated rings. The highest BCUT2D eigenvalue weighted by molar-refractivity contribution is 8.04. The SMILES string of the molecule is CCC1CCCCN1CCCNC(=O)CN1C(=O)/C(=C/c2ccccc2)Sc2ccccc21. The van der Waals surface area contributed by atoms with Crippen LogP contribution in [0.25, 0.3) is 6.08 Å². The van der Waals surface area contributed by atoms with E-state index in [0.29, 0.717) is 17.5 Å². The van der Waals surface area contributed by atoms with E-state index in [-0.39, 0.29) is 18.4 Å². The van der Waals surface area contributed by atoms with Gasteiger partial charge in [-0.3, -0.25) is 14.5 Å². The van der Waals surface area contributed by atoms with Crippen molar-refractivity contribution in [2.24, 2.45) is 0 Å². The Morgan fingerprint density at radius 1 is 1.12 bits per heavy atom. The standard InChI is InChI=1S/C27H33N3O2S/c1-2-22-13-8-9-17-29(22)18-10-16-28-26(31)20-30-23-14-6-7-15-24(23)33-25(27(30)32)19-21-11-4-3-5-12-21/h3-7,11-12,14-15,19,22H,2,8-10,13,16-18,20H2,1H3,(H,28,31)/b25-19-. The molecule has 2 aromatic carbocycles. The maximum absolute atomic E-state index is 13.3. The number of amides is 2. The number of carbonyl (C=O) groups excluding carboxylic acids is 2.